The molecule has 0 aromatic carbocycles. The number of carbonyl (C=O) groups is 1. The topological polar surface area (TPSA) is 46.5 Å². The Morgan fingerprint density at radius 1 is 1.73 bits per heavy atom. The molecule has 1 N–H and O–H groups in total. The minimum Gasteiger partial charge on any atom is -0.478 e. The normalized spacial score (nSPS) is 11.6. The third-order valence-electron chi connectivity index (χ3n) is 1.19. The van der Waals surface area contributed by atoms with E-state index in [4.69, 9.17) is 9.84 Å². The molecule has 0 amide bonds. The zero-order chi connectivity index (χ0) is 8.69. The molecule has 0 bridgehead atoms. The van der Waals surface area contributed by atoms with E-state index in [1.54, 1.807) is 13.0 Å². The molecule has 0 unspecified atom stereocenters. The van der Waals surface area contributed by atoms with Crippen molar-refractivity contribution >= 4 is 5.97 Å². The number of hydrogen-bond donors (Lipinski definition) is 1. The molecule has 0 aliphatic rings. The first-order valence-corrected chi connectivity index (χ1v) is 3.45. The van der Waals surface area contributed by atoms with Crippen LogP contribution in [-0.2, 0) is 9.53 Å². The van der Waals surface area contributed by atoms with Gasteiger partial charge in [-0.3, -0.25) is 0 Å². The Balaban J connectivity index is 3.48. The largest absolute Gasteiger partial charge is 0.478 e. The monoisotopic (exact) mass is 157 g/mol. The van der Waals surface area contributed by atoms with Crippen LogP contribution in [0.5, 0.6) is 0 Å². The van der Waals surface area contributed by atoms with E-state index in [-0.39, 0.29) is 0 Å². The molecule has 0 aliphatic carbocycles. The van der Waals surface area contributed by atoms with Crippen molar-refractivity contribution < 1.29 is 14.6 Å². The molecule has 0 saturated heterocycles. The highest BCUT2D eigenvalue weighted by Gasteiger charge is 1.96. The number of hydrogen-bond acceptors (Lipinski definition) is 2. The molecule has 0 spiro atoms. The summed E-state index contributed by atoms with van der Waals surface area (Å²) in [6.45, 7) is 6.01. The quantitative estimate of drug-likeness (QED) is 0.482. The molecule has 3 nitrogen and oxygen atoms in total. The van der Waals surface area contributed by atoms with Crippen LogP contribution in [0.3, 0.4) is 0 Å². The van der Waals surface area contributed by atoms with Gasteiger partial charge in [0.25, 0.3) is 0 Å². The van der Waals surface area contributed by atoms with Crippen LogP contribution in [0.15, 0.2) is 11.6 Å². The predicted molar refractivity (Wildman–Crippen MR) is 42.2 cm³/mol. The molecule has 0 aromatic rings. The van der Waals surface area contributed by atoms with E-state index >= 15 is 0 Å². The van der Waals surface area contributed by atoms with Gasteiger partial charge in [-0.2, -0.15) is 0 Å². The second-order valence-corrected chi connectivity index (χ2v) is 2.09. The van der Waals surface area contributed by atoms with Crippen LogP contribution in [-0.4, -0.2) is 24.3 Å². The third-order valence-corrected chi connectivity index (χ3v) is 1.19. The van der Waals surface area contributed by atoms with Gasteiger partial charge < -0.3 is 9.84 Å². The fraction of sp³-hybridized carbons (Fsp3) is 0.500. The van der Waals surface area contributed by atoms with Crippen LogP contribution in [0, 0.1) is 6.92 Å². The van der Waals surface area contributed by atoms with Crippen molar-refractivity contribution in [2.45, 2.75) is 13.3 Å². The molecule has 0 aliphatic heterocycles. The zero-order valence-corrected chi connectivity index (χ0v) is 6.67. The lowest BCUT2D eigenvalue weighted by Gasteiger charge is -1.96. The Kier molecular flexibility index (Phi) is 5.47. The molecule has 11 heavy (non-hydrogen) atoms. The number of aliphatic carboxylic acids is 1. The minimum absolute atomic E-state index is 0.359. The molecule has 0 fully saturated rings. The summed E-state index contributed by atoms with van der Waals surface area (Å²) in [7, 11) is 0. The van der Waals surface area contributed by atoms with Crippen LogP contribution in [0.4, 0.5) is 0 Å². The second-order valence-electron chi connectivity index (χ2n) is 2.09. The molecular weight excluding hydrogens is 144 g/mol. The molecule has 63 valence electrons. The van der Waals surface area contributed by atoms with E-state index in [0.29, 0.717) is 25.2 Å². The lowest BCUT2D eigenvalue weighted by molar-refractivity contribution is -0.132. The first-order valence-electron chi connectivity index (χ1n) is 3.45. The summed E-state index contributed by atoms with van der Waals surface area (Å²) in [5.41, 5.74) is 0.359. The lowest BCUT2D eigenvalue weighted by Crippen LogP contribution is -1.97. The van der Waals surface area contributed by atoms with Gasteiger partial charge in [0, 0.05) is 12.2 Å². The Bertz CT molecular complexity index is 149. The fourth-order valence-corrected chi connectivity index (χ4v) is 0.548. The number of carboxylic acids is 1. The maximum Gasteiger partial charge on any atom is 0.330 e. The van der Waals surface area contributed by atoms with E-state index in [0.717, 1.165) is 0 Å². The summed E-state index contributed by atoms with van der Waals surface area (Å²) in [5.74, 6) is -0.875. The van der Waals surface area contributed by atoms with Crippen molar-refractivity contribution in [3.63, 3.8) is 0 Å². The summed E-state index contributed by atoms with van der Waals surface area (Å²) < 4.78 is 4.92. The standard InChI is InChI=1S/C8H13O3/c1-3-11-6-4-5-7(2)8(9)10/h5H,1,3-4,6H2,2H3,(H,9,10). The summed E-state index contributed by atoms with van der Waals surface area (Å²) in [6, 6.07) is 0. The number of carboxylic acid groups (broad SMARTS) is 1. The van der Waals surface area contributed by atoms with Gasteiger partial charge in [-0.15, -0.1) is 0 Å². The highest BCUT2D eigenvalue weighted by atomic mass is 16.5. The van der Waals surface area contributed by atoms with E-state index in [1.165, 1.54) is 0 Å². The Hall–Kier alpha value is -0.830. The van der Waals surface area contributed by atoms with E-state index in [2.05, 4.69) is 6.92 Å². The molecule has 3 heteroatoms. The average Bonchev–Trinajstić information content (AvgIpc) is 1.97. The molecule has 0 rings (SSSR count). The maximum absolute atomic E-state index is 10.2. The van der Waals surface area contributed by atoms with Crippen molar-refractivity contribution in [3.8, 4) is 0 Å². The summed E-state index contributed by atoms with van der Waals surface area (Å²) in [4.78, 5) is 10.2. The van der Waals surface area contributed by atoms with Crippen LogP contribution >= 0.6 is 0 Å². The van der Waals surface area contributed by atoms with E-state index in [1.807, 2.05) is 0 Å². The van der Waals surface area contributed by atoms with E-state index < -0.39 is 5.97 Å². The van der Waals surface area contributed by atoms with Gasteiger partial charge in [-0.05, 0) is 20.3 Å². The summed E-state index contributed by atoms with van der Waals surface area (Å²) in [6.07, 6.45) is 2.27. The summed E-state index contributed by atoms with van der Waals surface area (Å²) in [5, 5.41) is 8.42. The first kappa shape index (κ1) is 10.2. The van der Waals surface area contributed by atoms with Gasteiger partial charge in [-0.25, -0.2) is 4.79 Å². The van der Waals surface area contributed by atoms with Gasteiger partial charge >= 0.3 is 5.97 Å². The minimum atomic E-state index is -0.875. The maximum atomic E-state index is 10.2. The van der Waals surface area contributed by atoms with Crippen LogP contribution in [0.1, 0.15) is 13.3 Å². The Morgan fingerprint density at radius 2 is 2.36 bits per heavy atom. The average molecular weight is 157 g/mol. The molecule has 0 saturated carbocycles. The third kappa shape index (κ3) is 5.61. The van der Waals surface area contributed by atoms with Crippen LogP contribution in [0.25, 0.3) is 0 Å². The molecular formula is C8H13O3. The van der Waals surface area contributed by atoms with Crippen molar-refractivity contribution in [3.05, 3.63) is 18.6 Å². The van der Waals surface area contributed by atoms with Gasteiger partial charge in [0.2, 0.25) is 0 Å². The Morgan fingerprint density at radius 3 is 2.82 bits per heavy atom. The van der Waals surface area contributed by atoms with Crippen molar-refractivity contribution in [2.75, 3.05) is 13.2 Å². The van der Waals surface area contributed by atoms with Crippen LogP contribution < -0.4 is 0 Å². The number of ether oxygens (including phenoxy) is 1. The zero-order valence-electron chi connectivity index (χ0n) is 6.67. The summed E-state index contributed by atoms with van der Waals surface area (Å²) >= 11 is 0. The Labute approximate surface area is 66.7 Å². The van der Waals surface area contributed by atoms with E-state index in [9.17, 15) is 4.79 Å². The number of rotatable bonds is 5. The highest BCUT2D eigenvalue weighted by molar-refractivity contribution is 5.85. The SMILES string of the molecule is [CH2]COCCC=C(C)C(=O)O. The predicted octanol–water partition coefficient (Wildman–Crippen LogP) is 1.26. The van der Waals surface area contributed by atoms with Gasteiger partial charge in [0.1, 0.15) is 0 Å². The fourth-order valence-electron chi connectivity index (χ4n) is 0.548. The smallest absolute Gasteiger partial charge is 0.330 e. The van der Waals surface area contributed by atoms with Crippen LogP contribution in [0.2, 0.25) is 0 Å². The van der Waals surface area contributed by atoms with Gasteiger partial charge in [0.05, 0.1) is 6.61 Å². The highest BCUT2D eigenvalue weighted by Crippen LogP contribution is 1.95. The molecule has 0 atom stereocenters. The van der Waals surface area contributed by atoms with Crippen molar-refractivity contribution in [1.82, 2.24) is 0 Å². The van der Waals surface area contributed by atoms with Crippen molar-refractivity contribution in [2.24, 2.45) is 0 Å². The van der Waals surface area contributed by atoms with Gasteiger partial charge in [0.15, 0.2) is 0 Å². The second kappa shape index (κ2) is 5.92. The molecule has 1 radical (unpaired) electrons. The lowest BCUT2D eigenvalue weighted by atomic mass is 10.2. The molecule has 0 aromatic heterocycles. The first-order chi connectivity index (χ1) is 5.18. The molecule has 0 heterocycles. The van der Waals surface area contributed by atoms with Gasteiger partial charge in [-0.1, -0.05) is 6.08 Å². The van der Waals surface area contributed by atoms with Crippen molar-refractivity contribution in [1.29, 1.82) is 0 Å².